The molecule has 0 saturated heterocycles. The number of aliphatic carboxylic acids is 2. The lowest BCUT2D eigenvalue weighted by molar-refractivity contribution is -0.151. The molecule has 2 aromatic carbocycles. The van der Waals surface area contributed by atoms with Crippen molar-refractivity contribution < 1.29 is 49.1 Å². The van der Waals surface area contributed by atoms with E-state index in [-0.39, 0.29) is 35.5 Å². The standard InChI is InChI=1S/C30H22O10/c31-25(32)23-19(9-7-11-21(23)39-29(27(35)36)15-3-1-4-16-29)13-14-20-10-8-12-22(24(20)26(33)34)40-30(28(37)38)17-5-2-6-18-30/h1-12,15,17H,16,18H2,(H,31,32)(H,33,34)(H,35,36)(H,37,38). The summed E-state index contributed by atoms with van der Waals surface area (Å²) in [6.45, 7) is 0. The van der Waals surface area contributed by atoms with Gasteiger partial charge in [-0.1, -0.05) is 60.4 Å². The van der Waals surface area contributed by atoms with E-state index in [1.165, 1.54) is 60.7 Å². The summed E-state index contributed by atoms with van der Waals surface area (Å²) in [5, 5.41) is 39.4. The molecule has 40 heavy (non-hydrogen) atoms. The molecule has 2 atom stereocenters. The van der Waals surface area contributed by atoms with Crippen molar-refractivity contribution in [1.82, 2.24) is 0 Å². The third-order valence-corrected chi connectivity index (χ3v) is 6.19. The van der Waals surface area contributed by atoms with Crippen LogP contribution in [-0.2, 0) is 9.59 Å². The van der Waals surface area contributed by atoms with Crippen molar-refractivity contribution in [3.8, 4) is 23.3 Å². The zero-order valence-electron chi connectivity index (χ0n) is 20.7. The van der Waals surface area contributed by atoms with Crippen molar-refractivity contribution in [1.29, 1.82) is 0 Å². The van der Waals surface area contributed by atoms with Gasteiger partial charge in [0.05, 0.1) is 0 Å². The van der Waals surface area contributed by atoms with Gasteiger partial charge in [0.1, 0.15) is 22.6 Å². The number of hydrogen-bond donors (Lipinski definition) is 4. The van der Waals surface area contributed by atoms with Crippen molar-refractivity contribution in [2.24, 2.45) is 0 Å². The molecular weight excluding hydrogens is 520 g/mol. The highest BCUT2D eigenvalue weighted by Gasteiger charge is 2.40. The lowest BCUT2D eigenvalue weighted by atomic mass is 9.94. The third-order valence-electron chi connectivity index (χ3n) is 6.19. The van der Waals surface area contributed by atoms with Crippen LogP contribution in [0.1, 0.15) is 44.7 Å². The van der Waals surface area contributed by atoms with Gasteiger partial charge in [-0.15, -0.1) is 0 Å². The van der Waals surface area contributed by atoms with Gasteiger partial charge in [-0.2, -0.15) is 0 Å². The van der Waals surface area contributed by atoms with E-state index >= 15 is 0 Å². The zero-order valence-corrected chi connectivity index (χ0v) is 20.7. The summed E-state index contributed by atoms with van der Waals surface area (Å²) in [5.74, 6) is -0.704. The molecule has 2 aromatic rings. The fraction of sp³-hybridized carbons (Fsp3) is 0.133. The SMILES string of the molecule is O=C(O)c1c(C#Cc2cccc(OC3(C(=O)O)C=CC=CC3)c2C(=O)O)cccc1OC1(C(=O)O)C=CC=CC1. The van der Waals surface area contributed by atoms with Gasteiger partial charge in [0.25, 0.3) is 0 Å². The van der Waals surface area contributed by atoms with Gasteiger partial charge >= 0.3 is 23.9 Å². The Balaban J connectivity index is 1.77. The third kappa shape index (κ3) is 5.35. The highest BCUT2D eigenvalue weighted by atomic mass is 16.5. The Hall–Kier alpha value is -5.56. The van der Waals surface area contributed by atoms with Crippen LogP contribution in [0, 0.1) is 11.8 Å². The molecule has 4 rings (SSSR count). The largest absolute Gasteiger partial charge is 0.478 e. The van der Waals surface area contributed by atoms with Crippen LogP contribution in [0.25, 0.3) is 0 Å². The molecule has 4 N–H and O–H groups in total. The molecule has 0 bridgehead atoms. The summed E-state index contributed by atoms with van der Waals surface area (Å²) in [6, 6.07) is 8.21. The van der Waals surface area contributed by atoms with E-state index in [0.717, 1.165) is 0 Å². The van der Waals surface area contributed by atoms with Crippen LogP contribution in [0.3, 0.4) is 0 Å². The number of carbonyl (C=O) groups is 4. The number of carboxylic acids is 4. The van der Waals surface area contributed by atoms with Crippen LogP contribution >= 0.6 is 0 Å². The molecule has 0 amide bonds. The first kappa shape index (κ1) is 27.5. The Morgan fingerprint density at radius 3 is 1.32 bits per heavy atom. The number of hydrogen-bond acceptors (Lipinski definition) is 6. The maximum atomic E-state index is 12.2. The number of aromatic carboxylic acids is 2. The molecule has 0 spiro atoms. The Morgan fingerprint density at radius 1 is 0.625 bits per heavy atom. The van der Waals surface area contributed by atoms with Gasteiger partial charge in [-0.05, 0) is 36.4 Å². The molecule has 0 saturated carbocycles. The zero-order chi connectivity index (χ0) is 28.9. The van der Waals surface area contributed by atoms with E-state index in [4.69, 9.17) is 9.47 Å². The van der Waals surface area contributed by atoms with Gasteiger partial charge in [0.2, 0.25) is 11.2 Å². The highest BCUT2D eigenvalue weighted by molar-refractivity contribution is 5.96. The van der Waals surface area contributed by atoms with Crippen molar-refractivity contribution in [3.63, 3.8) is 0 Å². The summed E-state index contributed by atoms with van der Waals surface area (Å²) in [4.78, 5) is 48.4. The normalized spacial score (nSPS) is 20.7. The average molecular weight is 542 g/mol. The first-order valence-corrected chi connectivity index (χ1v) is 11.9. The van der Waals surface area contributed by atoms with Crippen LogP contribution in [0.5, 0.6) is 11.5 Å². The van der Waals surface area contributed by atoms with Crippen LogP contribution in [-0.4, -0.2) is 55.5 Å². The number of carboxylic acid groups (broad SMARTS) is 4. The van der Waals surface area contributed by atoms with Crippen LogP contribution in [0.15, 0.2) is 85.0 Å². The van der Waals surface area contributed by atoms with Crippen molar-refractivity contribution in [2.45, 2.75) is 24.0 Å². The minimum absolute atomic E-state index is 0.0363. The molecule has 0 fully saturated rings. The summed E-state index contributed by atoms with van der Waals surface area (Å²) < 4.78 is 11.4. The molecule has 2 unspecified atom stereocenters. The predicted octanol–water partition coefficient (Wildman–Crippen LogP) is 3.92. The summed E-state index contributed by atoms with van der Waals surface area (Å²) in [6.07, 6.45) is 12.0. The fourth-order valence-corrected chi connectivity index (χ4v) is 4.17. The van der Waals surface area contributed by atoms with E-state index in [1.54, 1.807) is 24.3 Å². The maximum Gasteiger partial charge on any atom is 0.352 e. The molecule has 202 valence electrons. The summed E-state index contributed by atoms with van der Waals surface area (Å²) in [5.41, 5.74) is -4.60. The molecular formula is C30H22O10. The van der Waals surface area contributed by atoms with Crippen molar-refractivity contribution in [3.05, 3.63) is 107 Å². The van der Waals surface area contributed by atoms with E-state index in [9.17, 15) is 39.6 Å². The topological polar surface area (TPSA) is 168 Å². The maximum absolute atomic E-state index is 12.2. The summed E-state index contributed by atoms with van der Waals surface area (Å²) in [7, 11) is 0. The Labute approximate surface area is 227 Å². The summed E-state index contributed by atoms with van der Waals surface area (Å²) >= 11 is 0. The molecule has 0 heterocycles. The highest BCUT2D eigenvalue weighted by Crippen LogP contribution is 2.32. The van der Waals surface area contributed by atoms with Gasteiger partial charge in [-0.3, -0.25) is 0 Å². The Morgan fingerprint density at radius 2 is 1.02 bits per heavy atom. The lowest BCUT2D eigenvalue weighted by Gasteiger charge is -2.28. The van der Waals surface area contributed by atoms with Gasteiger partial charge in [-0.25, -0.2) is 19.2 Å². The fourth-order valence-electron chi connectivity index (χ4n) is 4.17. The smallest absolute Gasteiger partial charge is 0.352 e. The quantitative estimate of drug-likeness (QED) is 0.359. The van der Waals surface area contributed by atoms with Crippen molar-refractivity contribution in [2.75, 3.05) is 0 Å². The van der Waals surface area contributed by atoms with Gasteiger partial charge in [0, 0.05) is 24.0 Å². The Kier molecular flexibility index (Phi) is 7.59. The monoisotopic (exact) mass is 542 g/mol. The minimum Gasteiger partial charge on any atom is -0.478 e. The molecule has 10 nitrogen and oxygen atoms in total. The van der Waals surface area contributed by atoms with Crippen molar-refractivity contribution >= 4 is 23.9 Å². The second-order valence-electron chi connectivity index (χ2n) is 8.79. The lowest BCUT2D eigenvalue weighted by Crippen LogP contribution is -2.43. The molecule has 10 heteroatoms. The van der Waals surface area contributed by atoms with E-state index < -0.39 is 46.2 Å². The number of allylic oxidation sites excluding steroid dienone is 4. The van der Waals surface area contributed by atoms with Crippen LogP contribution < -0.4 is 9.47 Å². The minimum atomic E-state index is -1.82. The molecule has 2 aliphatic rings. The number of ether oxygens (including phenoxy) is 2. The van der Waals surface area contributed by atoms with Gasteiger partial charge < -0.3 is 29.9 Å². The van der Waals surface area contributed by atoms with E-state index in [1.807, 2.05) is 0 Å². The van der Waals surface area contributed by atoms with Crippen LogP contribution in [0.4, 0.5) is 0 Å². The number of rotatable bonds is 8. The Bertz CT molecular complexity index is 1470. The van der Waals surface area contributed by atoms with E-state index in [0.29, 0.717) is 0 Å². The van der Waals surface area contributed by atoms with Crippen LogP contribution in [0.2, 0.25) is 0 Å². The second-order valence-corrected chi connectivity index (χ2v) is 8.79. The molecule has 0 radical (unpaired) electrons. The predicted molar refractivity (Wildman–Crippen MR) is 141 cm³/mol. The van der Waals surface area contributed by atoms with E-state index in [2.05, 4.69) is 11.8 Å². The first-order chi connectivity index (χ1) is 19.1. The second kappa shape index (κ2) is 11.0. The van der Waals surface area contributed by atoms with Gasteiger partial charge in [0.15, 0.2) is 0 Å². The first-order valence-electron chi connectivity index (χ1n) is 11.9. The molecule has 0 aliphatic heterocycles. The number of benzene rings is 2. The average Bonchev–Trinajstić information content (AvgIpc) is 2.92. The molecule has 0 aromatic heterocycles. The molecule has 2 aliphatic carbocycles.